The highest BCUT2D eigenvalue weighted by molar-refractivity contribution is 5.74. The minimum Gasteiger partial charge on any atom is -0.479 e. The number of hydrogen-bond acceptors (Lipinski definition) is 2. The third-order valence-electron chi connectivity index (χ3n) is 3.16. The highest BCUT2D eigenvalue weighted by atomic mass is 16.4. The van der Waals surface area contributed by atoms with Crippen molar-refractivity contribution in [3.05, 3.63) is 59.7 Å². The van der Waals surface area contributed by atoms with Gasteiger partial charge in [0.25, 0.3) is 0 Å². The minimum atomic E-state index is -1.46. The quantitative estimate of drug-likeness (QED) is 0.884. The Morgan fingerprint density at radius 3 is 1.89 bits per heavy atom. The summed E-state index contributed by atoms with van der Waals surface area (Å²) in [5, 5.41) is 18.2. The standard InChI is InChI=1S/C16H16O3/c1-2-11-3-5-12(6-4-11)13-7-9-14(10-8-13)15(17)16(18)19/h3-10,15,17H,2H2,1H3,(H,18,19). The fourth-order valence-electron chi connectivity index (χ4n) is 1.93. The maximum absolute atomic E-state index is 10.7. The van der Waals surface area contributed by atoms with Gasteiger partial charge in [-0.15, -0.1) is 0 Å². The average molecular weight is 256 g/mol. The van der Waals surface area contributed by atoms with E-state index in [1.807, 2.05) is 24.3 Å². The lowest BCUT2D eigenvalue weighted by atomic mass is 10.0. The monoisotopic (exact) mass is 256 g/mol. The van der Waals surface area contributed by atoms with E-state index in [1.165, 1.54) is 5.56 Å². The Balaban J connectivity index is 2.24. The normalized spacial score (nSPS) is 12.1. The van der Waals surface area contributed by atoms with Crippen molar-refractivity contribution in [2.24, 2.45) is 0 Å². The van der Waals surface area contributed by atoms with Crippen LogP contribution in [0, 0.1) is 0 Å². The molecule has 1 atom stereocenters. The molecule has 0 radical (unpaired) electrons. The van der Waals surface area contributed by atoms with E-state index in [9.17, 15) is 9.90 Å². The summed E-state index contributed by atoms with van der Waals surface area (Å²) in [6.07, 6.45) is -0.458. The molecule has 0 amide bonds. The first-order valence-corrected chi connectivity index (χ1v) is 6.22. The van der Waals surface area contributed by atoms with Gasteiger partial charge in [-0.1, -0.05) is 55.5 Å². The second kappa shape index (κ2) is 5.67. The largest absolute Gasteiger partial charge is 0.479 e. The van der Waals surface area contributed by atoms with Crippen LogP contribution in [-0.4, -0.2) is 16.2 Å². The second-order valence-corrected chi connectivity index (χ2v) is 4.41. The molecule has 2 rings (SSSR count). The third-order valence-corrected chi connectivity index (χ3v) is 3.16. The summed E-state index contributed by atoms with van der Waals surface area (Å²) >= 11 is 0. The lowest BCUT2D eigenvalue weighted by Crippen LogP contribution is -2.10. The number of hydrogen-bond donors (Lipinski definition) is 2. The van der Waals surface area contributed by atoms with E-state index in [0.717, 1.165) is 17.5 Å². The molecule has 0 aliphatic heterocycles. The molecule has 19 heavy (non-hydrogen) atoms. The number of benzene rings is 2. The van der Waals surface area contributed by atoms with Gasteiger partial charge in [-0.05, 0) is 28.7 Å². The van der Waals surface area contributed by atoms with E-state index in [-0.39, 0.29) is 0 Å². The van der Waals surface area contributed by atoms with Crippen molar-refractivity contribution in [3.8, 4) is 11.1 Å². The zero-order valence-electron chi connectivity index (χ0n) is 10.7. The Kier molecular flexibility index (Phi) is 3.97. The molecule has 3 nitrogen and oxygen atoms in total. The summed E-state index contributed by atoms with van der Waals surface area (Å²) in [6.45, 7) is 2.11. The van der Waals surface area contributed by atoms with E-state index in [0.29, 0.717) is 5.56 Å². The number of carboxylic acids is 1. The van der Waals surface area contributed by atoms with Crippen molar-refractivity contribution in [3.63, 3.8) is 0 Å². The van der Waals surface area contributed by atoms with Crippen molar-refractivity contribution in [2.75, 3.05) is 0 Å². The van der Waals surface area contributed by atoms with Gasteiger partial charge in [0.15, 0.2) is 6.10 Å². The first-order chi connectivity index (χ1) is 9.11. The predicted molar refractivity (Wildman–Crippen MR) is 73.9 cm³/mol. The van der Waals surface area contributed by atoms with Crippen LogP contribution < -0.4 is 0 Å². The number of rotatable bonds is 4. The SMILES string of the molecule is CCc1ccc(-c2ccc(C(O)C(=O)O)cc2)cc1. The highest BCUT2D eigenvalue weighted by Gasteiger charge is 2.15. The number of aryl methyl sites for hydroxylation is 1. The molecule has 0 aromatic heterocycles. The zero-order chi connectivity index (χ0) is 13.8. The summed E-state index contributed by atoms with van der Waals surface area (Å²) in [5.74, 6) is -1.24. The first kappa shape index (κ1) is 13.3. The molecule has 0 saturated heterocycles. The zero-order valence-corrected chi connectivity index (χ0v) is 10.7. The molecule has 0 spiro atoms. The van der Waals surface area contributed by atoms with Crippen molar-refractivity contribution < 1.29 is 15.0 Å². The van der Waals surface area contributed by atoms with Crippen LogP contribution >= 0.6 is 0 Å². The number of aliphatic carboxylic acids is 1. The summed E-state index contributed by atoms with van der Waals surface area (Å²) in [5.41, 5.74) is 3.75. The van der Waals surface area contributed by atoms with Crippen LogP contribution in [0.3, 0.4) is 0 Å². The molecule has 0 aliphatic carbocycles. The third kappa shape index (κ3) is 3.01. The van der Waals surface area contributed by atoms with Crippen molar-refractivity contribution in [1.82, 2.24) is 0 Å². The van der Waals surface area contributed by atoms with E-state index in [1.54, 1.807) is 12.1 Å². The van der Waals surface area contributed by atoms with E-state index in [4.69, 9.17) is 5.11 Å². The van der Waals surface area contributed by atoms with Gasteiger partial charge in [0.2, 0.25) is 0 Å². The van der Waals surface area contributed by atoms with Crippen LogP contribution in [0.2, 0.25) is 0 Å². The average Bonchev–Trinajstić information content (AvgIpc) is 2.46. The molecule has 0 fully saturated rings. The fraction of sp³-hybridized carbons (Fsp3) is 0.188. The van der Waals surface area contributed by atoms with Crippen LogP contribution in [0.25, 0.3) is 11.1 Å². The van der Waals surface area contributed by atoms with Crippen LogP contribution in [-0.2, 0) is 11.2 Å². The summed E-state index contributed by atoms with van der Waals surface area (Å²) in [7, 11) is 0. The maximum atomic E-state index is 10.7. The van der Waals surface area contributed by atoms with Crippen molar-refractivity contribution >= 4 is 5.97 Å². The first-order valence-electron chi connectivity index (χ1n) is 6.22. The fourth-order valence-corrected chi connectivity index (χ4v) is 1.93. The topological polar surface area (TPSA) is 57.5 Å². The van der Waals surface area contributed by atoms with Gasteiger partial charge in [0.1, 0.15) is 0 Å². The maximum Gasteiger partial charge on any atom is 0.337 e. The number of aliphatic hydroxyl groups is 1. The smallest absolute Gasteiger partial charge is 0.337 e. The Labute approximate surface area is 112 Å². The summed E-state index contributed by atoms with van der Waals surface area (Å²) < 4.78 is 0. The molecular formula is C16H16O3. The van der Waals surface area contributed by atoms with Gasteiger partial charge in [-0.25, -0.2) is 4.79 Å². The molecule has 0 bridgehead atoms. The van der Waals surface area contributed by atoms with Gasteiger partial charge < -0.3 is 10.2 Å². The molecule has 0 aliphatic rings. The van der Waals surface area contributed by atoms with Crippen LogP contribution in [0.1, 0.15) is 24.2 Å². The molecule has 0 saturated carbocycles. The molecule has 1 unspecified atom stereocenters. The lowest BCUT2D eigenvalue weighted by molar-refractivity contribution is -0.146. The van der Waals surface area contributed by atoms with Gasteiger partial charge >= 0.3 is 5.97 Å². The number of aliphatic hydroxyl groups excluding tert-OH is 1. The number of carbonyl (C=O) groups is 1. The molecule has 2 aromatic carbocycles. The summed E-state index contributed by atoms with van der Waals surface area (Å²) in [6, 6.07) is 15.2. The molecular weight excluding hydrogens is 240 g/mol. The predicted octanol–water partition coefficient (Wildman–Crippen LogP) is 3.03. The number of carboxylic acid groups (broad SMARTS) is 1. The summed E-state index contributed by atoms with van der Waals surface area (Å²) in [4.78, 5) is 10.7. The van der Waals surface area contributed by atoms with Gasteiger partial charge in [-0.2, -0.15) is 0 Å². The molecule has 2 aromatic rings. The van der Waals surface area contributed by atoms with Gasteiger partial charge in [0.05, 0.1) is 0 Å². The Morgan fingerprint density at radius 2 is 1.47 bits per heavy atom. The van der Waals surface area contributed by atoms with E-state index in [2.05, 4.69) is 19.1 Å². The van der Waals surface area contributed by atoms with Crippen LogP contribution in [0.15, 0.2) is 48.5 Å². The molecule has 0 heterocycles. The molecule has 3 heteroatoms. The second-order valence-electron chi connectivity index (χ2n) is 4.41. The Morgan fingerprint density at radius 1 is 1.00 bits per heavy atom. The molecule has 98 valence electrons. The van der Waals surface area contributed by atoms with Gasteiger partial charge in [0, 0.05) is 0 Å². The highest BCUT2D eigenvalue weighted by Crippen LogP contribution is 2.22. The van der Waals surface area contributed by atoms with Crippen LogP contribution in [0.4, 0.5) is 0 Å². The van der Waals surface area contributed by atoms with Gasteiger partial charge in [-0.3, -0.25) is 0 Å². The lowest BCUT2D eigenvalue weighted by Gasteiger charge is -2.07. The Hall–Kier alpha value is -2.13. The minimum absolute atomic E-state index is 0.390. The van der Waals surface area contributed by atoms with Crippen molar-refractivity contribution in [2.45, 2.75) is 19.4 Å². The van der Waals surface area contributed by atoms with E-state index < -0.39 is 12.1 Å². The van der Waals surface area contributed by atoms with Crippen molar-refractivity contribution in [1.29, 1.82) is 0 Å². The Bertz CT molecular complexity index is 556. The van der Waals surface area contributed by atoms with Crippen LogP contribution in [0.5, 0.6) is 0 Å². The van der Waals surface area contributed by atoms with E-state index >= 15 is 0 Å². The molecule has 2 N–H and O–H groups in total.